The third-order valence-corrected chi connectivity index (χ3v) is 1.21. The van der Waals surface area contributed by atoms with Gasteiger partial charge in [-0.2, -0.15) is 5.26 Å². The molecule has 0 saturated heterocycles. The van der Waals surface area contributed by atoms with Crippen LogP contribution in [-0.4, -0.2) is 12.6 Å². The van der Waals surface area contributed by atoms with Gasteiger partial charge in [0.2, 0.25) is 0 Å². The van der Waals surface area contributed by atoms with E-state index in [1.165, 1.54) is 0 Å². The van der Waals surface area contributed by atoms with Crippen LogP contribution in [0.5, 0.6) is 0 Å². The lowest BCUT2D eigenvalue weighted by Crippen LogP contribution is -2.27. The van der Waals surface area contributed by atoms with Crippen LogP contribution in [0.15, 0.2) is 0 Å². The van der Waals surface area contributed by atoms with Crippen molar-refractivity contribution in [2.45, 2.75) is 25.8 Å². The zero-order valence-corrected chi connectivity index (χ0v) is 6.22. The van der Waals surface area contributed by atoms with E-state index in [9.17, 15) is 0 Å². The van der Waals surface area contributed by atoms with Gasteiger partial charge in [-0.05, 0) is 6.42 Å². The molecule has 0 aliphatic rings. The van der Waals surface area contributed by atoms with Crippen LogP contribution in [0.1, 0.15) is 19.8 Å². The molecule has 0 heterocycles. The fourth-order valence-electron chi connectivity index (χ4n) is 0.702. The molecule has 0 aromatic rings. The Balaban J connectivity index is 3.45. The molecule has 0 aliphatic heterocycles. The van der Waals surface area contributed by atoms with Crippen LogP contribution >= 0.6 is 0 Å². The van der Waals surface area contributed by atoms with Crippen molar-refractivity contribution < 1.29 is 0 Å². The fraction of sp³-hybridized carbons (Fsp3) is 0.625. The van der Waals surface area contributed by atoms with Gasteiger partial charge in [-0.1, -0.05) is 19.3 Å². The monoisotopic (exact) mass is 136 g/mol. The van der Waals surface area contributed by atoms with E-state index in [0.717, 1.165) is 12.8 Å². The van der Waals surface area contributed by atoms with Crippen molar-refractivity contribution in [3.05, 3.63) is 0 Å². The second-order valence-corrected chi connectivity index (χ2v) is 2.05. The van der Waals surface area contributed by atoms with Crippen molar-refractivity contribution >= 4 is 0 Å². The van der Waals surface area contributed by atoms with Crippen LogP contribution in [0.3, 0.4) is 0 Å². The molecular formula is C8H12N2. The molecule has 0 aliphatic carbocycles. The lowest BCUT2D eigenvalue weighted by atomic mass is 10.2. The van der Waals surface area contributed by atoms with Gasteiger partial charge < -0.3 is 0 Å². The van der Waals surface area contributed by atoms with Crippen LogP contribution in [0.4, 0.5) is 0 Å². The quantitative estimate of drug-likeness (QED) is 0.460. The topological polar surface area (TPSA) is 35.8 Å². The van der Waals surface area contributed by atoms with Gasteiger partial charge in [0.1, 0.15) is 0 Å². The zero-order chi connectivity index (χ0) is 7.82. The largest absolute Gasteiger partial charge is 0.291 e. The zero-order valence-electron chi connectivity index (χ0n) is 6.22. The van der Waals surface area contributed by atoms with E-state index in [0.29, 0.717) is 6.54 Å². The minimum Gasteiger partial charge on any atom is -0.291 e. The molecule has 1 unspecified atom stereocenters. The summed E-state index contributed by atoms with van der Waals surface area (Å²) in [5.41, 5.74) is 0. The summed E-state index contributed by atoms with van der Waals surface area (Å²) in [4.78, 5) is 0. The van der Waals surface area contributed by atoms with Crippen LogP contribution in [0.2, 0.25) is 0 Å². The maximum absolute atomic E-state index is 8.20. The average molecular weight is 136 g/mol. The highest BCUT2D eigenvalue weighted by molar-refractivity contribution is 4.99. The molecule has 54 valence electrons. The smallest absolute Gasteiger partial charge is 0.0850 e. The van der Waals surface area contributed by atoms with Gasteiger partial charge in [-0.15, -0.1) is 6.42 Å². The predicted molar refractivity (Wildman–Crippen MR) is 41.1 cm³/mol. The van der Waals surface area contributed by atoms with Gasteiger partial charge in [-0.3, -0.25) is 5.32 Å². The molecule has 0 rings (SSSR count). The van der Waals surface area contributed by atoms with E-state index in [-0.39, 0.29) is 6.04 Å². The summed E-state index contributed by atoms with van der Waals surface area (Å²) in [6.07, 6.45) is 7.17. The number of rotatable bonds is 4. The molecule has 1 atom stereocenters. The van der Waals surface area contributed by atoms with Crippen LogP contribution in [0, 0.1) is 23.7 Å². The van der Waals surface area contributed by atoms with Crippen molar-refractivity contribution in [2.75, 3.05) is 6.54 Å². The molecule has 2 nitrogen and oxygen atoms in total. The molecule has 0 fully saturated rings. The van der Waals surface area contributed by atoms with E-state index >= 15 is 0 Å². The molecule has 0 amide bonds. The molecular weight excluding hydrogens is 124 g/mol. The molecule has 0 bridgehead atoms. The third-order valence-electron chi connectivity index (χ3n) is 1.21. The Morgan fingerprint density at radius 3 is 2.80 bits per heavy atom. The highest BCUT2D eigenvalue weighted by atomic mass is 14.9. The van der Waals surface area contributed by atoms with E-state index in [1.807, 2.05) is 6.07 Å². The van der Waals surface area contributed by atoms with Crippen molar-refractivity contribution in [3.8, 4) is 18.4 Å². The van der Waals surface area contributed by atoms with Crippen molar-refractivity contribution in [2.24, 2.45) is 0 Å². The number of hydrogen-bond acceptors (Lipinski definition) is 2. The summed E-state index contributed by atoms with van der Waals surface area (Å²) in [5.74, 6) is 2.58. The Bertz CT molecular complexity index is 150. The van der Waals surface area contributed by atoms with Gasteiger partial charge in [0.25, 0.3) is 0 Å². The summed E-state index contributed by atoms with van der Waals surface area (Å²) in [6.45, 7) is 2.41. The number of terminal acetylenes is 1. The summed E-state index contributed by atoms with van der Waals surface area (Å²) >= 11 is 0. The third kappa shape index (κ3) is 3.95. The molecule has 0 saturated carbocycles. The first-order chi connectivity index (χ1) is 4.85. The van der Waals surface area contributed by atoms with Crippen LogP contribution in [-0.2, 0) is 0 Å². The molecule has 2 heteroatoms. The first-order valence-electron chi connectivity index (χ1n) is 3.41. The first-order valence-corrected chi connectivity index (χ1v) is 3.41. The van der Waals surface area contributed by atoms with Crippen molar-refractivity contribution in [1.29, 1.82) is 5.26 Å². The molecule has 0 radical (unpaired) electrons. The number of nitrogens with one attached hydrogen (secondary N) is 1. The second-order valence-electron chi connectivity index (χ2n) is 2.05. The normalized spacial score (nSPS) is 11.5. The Morgan fingerprint density at radius 2 is 2.40 bits per heavy atom. The first kappa shape index (κ1) is 9.01. The summed E-state index contributed by atoms with van der Waals surface area (Å²) in [5, 5.41) is 11.1. The van der Waals surface area contributed by atoms with E-state index in [4.69, 9.17) is 11.7 Å². The lowest BCUT2D eigenvalue weighted by Gasteiger charge is -2.07. The predicted octanol–water partition coefficient (Wildman–Crippen LogP) is 0.901. The molecule has 10 heavy (non-hydrogen) atoms. The average Bonchev–Trinajstić information content (AvgIpc) is 1.98. The van der Waals surface area contributed by atoms with Crippen LogP contribution < -0.4 is 5.32 Å². The Hall–Kier alpha value is -0.990. The SMILES string of the molecule is C#CC(CCC)NCC#N. The van der Waals surface area contributed by atoms with Gasteiger partial charge >= 0.3 is 0 Å². The van der Waals surface area contributed by atoms with Crippen LogP contribution in [0.25, 0.3) is 0 Å². The number of nitriles is 1. The second kappa shape index (κ2) is 6.13. The van der Waals surface area contributed by atoms with Gasteiger partial charge in [0, 0.05) is 0 Å². The lowest BCUT2D eigenvalue weighted by molar-refractivity contribution is 0.598. The van der Waals surface area contributed by atoms with E-state index in [2.05, 4.69) is 18.2 Å². The fourth-order valence-corrected chi connectivity index (χ4v) is 0.702. The maximum atomic E-state index is 8.20. The van der Waals surface area contributed by atoms with E-state index in [1.54, 1.807) is 0 Å². The Morgan fingerprint density at radius 1 is 1.70 bits per heavy atom. The van der Waals surface area contributed by atoms with Gasteiger partial charge in [0.15, 0.2) is 0 Å². The maximum Gasteiger partial charge on any atom is 0.0850 e. The minimum atomic E-state index is 0.0737. The summed E-state index contributed by atoms with van der Waals surface area (Å²) in [6, 6.07) is 2.06. The minimum absolute atomic E-state index is 0.0737. The van der Waals surface area contributed by atoms with Gasteiger partial charge in [0.05, 0.1) is 18.7 Å². The highest BCUT2D eigenvalue weighted by Gasteiger charge is 1.99. The summed E-state index contributed by atoms with van der Waals surface area (Å²) in [7, 11) is 0. The standard InChI is InChI=1S/C8H12N2/c1-3-5-8(4-2)10-7-6-9/h2,8,10H,3,5,7H2,1H3. The van der Waals surface area contributed by atoms with Crippen molar-refractivity contribution in [1.82, 2.24) is 5.32 Å². The highest BCUT2D eigenvalue weighted by Crippen LogP contribution is 1.92. The number of hydrogen-bond donors (Lipinski definition) is 1. The van der Waals surface area contributed by atoms with Gasteiger partial charge in [-0.25, -0.2) is 0 Å². The van der Waals surface area contributed by atoms with E-state index < -0.39 is 0 Å². The Kier molecular flexibility index (Phi) is 5.53. The summed E-state index contributed by atoms with van der Waals surface area (Å²) < 4.78 is 0. The Labute approximate surface area is 62.2 Å². The molecule has 0 aromatic carbocycles. The number of nitrogens with zero attached hydrogens (tertiary/aromatic N) is 1. The van der Waals surface area contributed by atoms with Crippen molar-refractivity contribution in [3.63, 3.8) is 0 Å². The molecule has 1 N–H and O–H groups in total. The molecule has 0 spiro atoms. The molecule has 0 aromatic heterocycles.